The molecule has 9 heteroatoms. The summed E-state index contributed by atoms with van der Waals surface area (Å²) in [5, 5.41) is 3.18. The van der Waals surface area contributed by atoms with Crippen molar-refractivity contribution in [1.29, 1.82) is 0 Å². The van der Waals surface area contributed by atoms with Crippen molar-refractivity contribution in [3.63, 3.8) is 0 Å². The Bertz CT molecular complexity index is 1070. The van der Waals surface area contributed by atoms with Gasteiger partial charge in [-0.15, -0.1) is 0 Å². The van der Waals surface area contributed by atoms with E-state index in [1.807, 2.05) is 24.3 Å². The van der Waals surface area contributed by atoms with Gasteiger partial charge in [0.05, 0.1) is 10.6 Å². The number of nitrogens with one attached hydrogen (secondary N) is 2. The van der Waals surface area contributed by atoms with E-state index in [-0.39, 0.29) is 22.6 Å². The van der Waals surface area contributed by atoms with Crippen LogP contribution in [0.4, 0.5) is 5.69 Å². The molecular formula is C20H21N3O4S2. The number of nitrogens with zero attached hydrogens (tertiary/aromatic N) is 1. The van der Waals surface area contributed by atoms with E-state index in [0.717, 1.165) is 31.2 Å². The predicted molar refractivity (Wildman–Crippen MR) is 112 cm³/mol. The van der Waals surface area contributed by atoms with Gasteiger partial charge in [0.2, 0.25) is 15.9 Å². The first-order valence-corrected chi connectivity index (χ1v) is 11.9. The summed E-state index contributed by atoms with van der Waals surface area (Å²) in [6.45, 7) is 0. The fourth-order valence-electron chi connectivity index (χ4n) is 3.29. The minimum atomic E-state index is -3.54. The summed E-state index contributed by atoms with van der Waals surface area (Å²) in [7, 11) is -3.54. The van der Waals surface area contributed by atoms with E-state index in [2.05, 4.69) is 15.0 Å². The molecule has 2 aromatic carbocycles. The van der Waals surface area contributed by atoms with Crippen molar-refractivity contribution in [2.75, 3.05) is 11.1 Å². The van der Waals surface area contributed by atoms with Gasteiger partial charge in [0, 0.05) is 11.7 Å². The first kappa shape index (κ1) is 19.9. The molecule has 1 amide bonds. The number of sulfonamides is 1. The lowest BCUT2D eigenvalue weighted by Crippen LogP contribution is -2.32. The molecule has 0 atom stereocenters. The zero-order valence-electron chi connectivity index (χ0n) is 15.6. The maximum absolute atomic E-state index is 12.4. The van der Waals surface area contributed by atoms with Crippen LogP contribution in [-0.4, -0.2) is 31.1 Å². The van der Waals surface area contributed by atoms with Crippen molar-refractivity contribution in [2.45, 2.75) is 41.8 Å². The Morgan fingerprint density at radius 2 is 1.83 bits per heavy atom. The number of benzene rings is 2. The van der Waals surface area contributed by atoms with Crippen molar-refractivity contribution in [3.05, 3.63) is 48.5 Å². The Labute approximate surface area is 173 Å². The third-order valence-electron chi connectivity index (χ3n) is 4.73. The summed E-state index contributed by atoms with van der Waals surface area (Å²) in [4.78, 5) is 16.7. The van der Waals surface area contributed by atoms with Gasteiger partial charge in [-0.3, -0.25) is 4.79 Å². The topological polar surface area (TPSA) is 101 Å². The van der Waals surface area contributed by atoms with Crippen LogP contribution in [0, 0.1) is 0 Å². The molecule has 1 aliphatic carbocycles. The lowest BCUT2D eigenvalue weighted by Gasteiger charge is -2.13. The Morgan fingerprint density at radius 3 is 2.55 bits per heavy atom. The quantitative estimate of drug-likeness (QED) is 0.552. The number of para-hydroxylation sites is 2. The number of thioether (sulfide) groups is 1. The molecule has 0 unspecified atom stereocenters. The average molecular weight is 432 g/mol. The van der Waals surface area contributed by atoms with E-state index in [0.29, 0.717) is 16.5 Å². The summed E-state index contributed by atoms with van der Waals surface area (Å²) < 4.78 is 33.2. The largest absolute Gasteiger partial charge is 0.431 e. The molecule has 2 N–H and O–H groups in total. The van der Waals surface area contributed by atoms with E-state index in [1.165, 1.54) is 23.9 Å². The molecule has 3 aromatic rings. The number of rotatable bonds is 7. The molecule has 0 spiro atoms. The Morgan fingerprint density at radius 1 is 1.10 bits per heavy atom. The van der Waals surface area contributed by atoms with Crippen LogP contribution in [-0.2, 0) is 14.8 Å². The molecule has 0 saturated heterocycles. The van der Waals surface area contributed by atoms with Crippen LogP contribution in [0.3, 0.4) is 0 Å². The minimum absolute atomic E-state index is 0.0169. The molecule has 29 heavy (non-hydrogen) atoms. The van der Waals surface area contributed by atoms with E-state index in [4.69, 9.17) is 4.42 Å². The van der Waals surface area contributed by atoms with E-state index >= 15 is 0 Å². The highest BCUT2D eigenvalue weighted by atomic mass is 32.2. The van der Waals surface area contributed by atoms with Crippen LogP contribution in [0.5, 0.6) is 0 Å². The van der Waals surface area contributed by atoms with Gasteiger partial charge in [-0.1, -0.05) is 36.7 Å². The Kier molecular flexibility index (Phi) is 5.89. The number of hydrogen-bond donors (Lipinski definition) is 2. The highest BCUT2D eigenvalue weighted by Gasteiger charge is 2.22. The number of fused-ring (bicyclic) bond motifs is 1. The van der Waals surface area contributed by atoms with Gasteiger partial charge in [0.1, 0.15) is 5.52 Å². The lowest BCUT2D eigenvalue weighted by atomic mass is 10.3. The van der Waals surface area contributed by atoms with E-state index in [9.17, 15) is 13.2 Å². The summed E-state index contributed by atoms with van der Waals surface area (Å²) in [6.07, 6.45) is 3.87. The number of amides is 1. The van der Waals surface area contributed by atoms with Gasteiger partial charge in [-0.25, -0.2) is 18.1 Å². The van der Waals surface area contributed by atoms with Crippen LogP contribution < -0.4 is 10.0 Å². The van der Waals surface area contributed by atoms with Crippen molar-refractivity contribution in [2.24, 2.45) is 0 Å². The molecule has 0 aliphatic heterocycles. The summed E-state index contributed by atoms with van der Waals surface area (Å²) >= 11 is 1.20. The van der Waals surface area contributed by atoms with Crippen molar-refractivity contribution in [3.8, 4) is 0 Å². The number of aromatic nitrogens is 1. The van der Waals surface area contributed by atoms with Gasteiger partial charge in [0.25, 0.3) is 5.22 Å². The van der Waals surface area contributed by atoms with Crippen LogP contribution >= 0.6 is 11.8 Å². The molecule has 1 fully saturated rings. The average Bonchev–Trinajstić information content (AvgIpc) is 3.35. The molecule has 7 nitrogen and oxygen atoms in total. The van der Waals surface area contributed by atoms with Gasteiger partial charge < -0.3 is 9.73 Å². The number of carbonyl (C=O) groups is 1. The van der Waals surface area contributed by atoms with Crippen LogP contribution in [0.25, 0.3) is 11.1 Å². The Balaban J connectivity index is 1.32. The van der Waals surface area contributed by atoms with Crippen LogP contribution in [0.15, 0.2) is 63.1 Å². The van der Waals surface area contributed by atoms with E-state index in [1.54, 1.807) is 12.1 Å². The SMILES string of the molecule is O=C(CSc1nc2ccccc2o1)Nc1ccc(S(=O)(=O)NC2CCCC2)cc1. The second kappa shape index (κ2) is 8.56. The second-order valence-electron chi connectivity index (χ2n) is 6.91. The third kappa shape index (κ3) is 4.98. The number of carbonyl (C=O) groups excluding carboxylic acids is 1. The first-order valence-electron chi connectivity index (χ1n) is 9.40. The van der Waals surface area contributed by atoms with Gasteiger partial charge in [0.15, 0.2) is 5.58 Å². The maximum atomic E-state index is 12.4. The molecule has 152 valence electrons. The van der Waals surface area contributed by atoms with E-state index < -0.39 is 10.0 Å². The minimum Gasteiger partial charge on any atom is -0.431 e. The highest BCUT2D eigenvalue weighted by Crippen LogP contribution is 2.24. The molecule has 1 aliphatic rings. The molecular weight excluding hydrogens is 410 g/mol. The number of anilines is 1. The van der Waals surface area contributed by atoms with Crippen molar-refractivity contribution in [1.82, 2.24) is 9.71 Å². The zero-order chi connectivity index (χ0) is 20.3. The predicted octanol–water partition coefficient (Wildman–Crippen LogP) is 3.78. The molecule has 1 saturated carbocycles. The molecule has 1 heterocycles. The molecule has 0 radical (unpaired) electrons. The first-order chi connectivity index (χ1) is 14.0. The van der Waals surface area contributed by atoms with Gasteiger partial charge >= 0.3 is 0 Å². The zero-order valence-corrected chi connectivity index (χ0v) is 17.3. The van der Waals surface area contributed by atoms with Crippen molar-refractivity contribution < 1.29 is 17.6 Å². The third-order valence-corrected chi connectivity index (χ3v) is 7.09. The normalized spacial score (nSPS) is 15.0. The van der Waals surface area contributed by atoms with Crippen LogP contribution in [0.1, 0.15) is 25.7 Å². The molecule has 4 rings (SSSR count). The summed E-state index contributed by atoms with van der Waals surface area (Å²) in [5.41, 5.74) is 1.96. The van der Waals surface area contributed by atoms with Crippen LogP contribution in [0.2, 0.25) is 0 Å². The van der Waals surface area contributed by atoms with Crippen molar-refractivity contribution >= 4 is 44.5 Å². The summed E-state index contributed by atoms with van der Waals surface area (Å²) in [5.74, 6) is -0.0900. The number of hydrogen-bond acceptors (Lipinski definition) is 6. The highest BCUT2D eigenvalue weighted by molar-refractivity contribution is 7.99. The smallest absolute Gasteiger partial charge is 0.257 e. The molecule has 0 bridgehead atoms. The maximum Gasteiger partial charge on any atom is 0.257 e. The second-order valence-corrected chi connectivity index (χ2v) is 9.55. The van der Waals surface area contributed by atoms with Gasteiger partial charge in [-0.2, -0.15) is 0 Å². The lowest BCUT2D eigenvalue weighted by molar-refractivity contribution is -0.113. The summed E-state index contributed by atoms with van der Waals surface area (Å²) in [6, 6.07) is 13.6. The van der Waals surface area contributed by atoms with Gasteiger partial charge in [-0.05, 0) is 49.2 Å². The monoisotopic (exact) mass is 431 g/mol. The fraction of sp³-hybridized carbons (Fsp3) is 0.300. The standard InChI is InChI=1S/C20H21N3O4S2/c24-19(13-28-20-22-17-7-3-4-8-18(17)27-20)21-14-9-11-16(12-10-14)29(25,26)23-15-5-1-2-6-15/h3-4,7-12,15,23H,1-2,5-6,13H2,(H,21,24). The molecule has 1 aromatic heterocycles. The number of oxazole rings is 1. The Hall–Kier alpha value is -2.36. The fourth-order valence-corrected chi connectivity index (χ4v) is 5.23.